The zero-order valence-electron chi connectivity index (χ0n) is 11.4. The second-order valence-electron chi connectivity index (χ2n) is 5.32. The van der Waals surface area contributed by atoms with Gasteiger partial charge in [0.25, 0.3) is 5.91 Å². The molecule has 1 aliphatic rings. The average molecular weight is 274 g/mol. The number of anilines is 2. The number of nitrogens with two attached hydrogens (primary N) is 1. The van der Waals surface area contributed by atoms with Crippen molar-refractivity contribution in [2.24, 2.45) is 0 Å². The smallest absolute Gasteiger partial charge is 0.259 e. The summed E-state index contributed by atoms with van der Waals surface area (Å²) in [6.07, 6.45) is 0. The lowest BCUT2D eigenvalue weighted by Gasteiger charge is -2.18. The predicted molar refractivity (Wildman–Crippen MR) is 85.3 cm³/mol. The molecule has 1 heterocycles. The molecule has 4 rings (SSSR count). The van der Waals surface area contributed by atoms with Crippen LogP contribution in [0.5, 0.6) is 0 Å². The van der Waals surface area contributed by atoms with Crippen LogP contribution < -0.4 is 10.6 Å². The van der Waals surface area contributed by atoms with Crippen molar-refractivity contribution in [1.82, 2.24) is 0 Å². The van der Waals surface area contributed by atoms with Gasteiger partial charge in [0.05, 0.1) is 12.2 Å². The van der Waals surface area contributed by atoms with Crippen molar-refractivity contribution in [2.75, 3.05) is 10.6 Å². The molecule has 0 spiro atoms. The minimum absolute atomic E-state index is 0.0595. The van der Waals surface area contributed by atoms with Crippen molar-refractivity contribution in [1.29, 1.82) is 0 Å². The number of hydrogen-bond acceptors (Lipinski definition) is 2. The van der Waals surface area contributed by atoms with Crippen LogP contribution in [0.1, 0.15) is 15.9 Å². The van der Waals surface area contributed by atoms with Gasteiger partial charge >= 0.3 is 0 Å². The van der Waals surface area contributed by atoms with E-state index in [4.69, 9.17) is 5.73 Å². The molecule has 0 bridgehead atoms. The van der Waals surface area contributed by atoms with Gasteiger partial charge in [-0.15, -0.1) is 0 Å². The molecule has 102 valence electrons. The zero-order valence-corrected chi connectivity index (χ0v) is 11.4. The molecule has 0 atom stereocenters. The Kier molecular flexibility index (Phi) is 2.48. The maximum absolute atomic E-state index is 12.7. The summed E-state index contributed by atoms with van der Waals surface area (Å²) in [5.74, 6) is 0.0595. The van der Waals surface area contributed by atoms with E-state index in [1.807, 2.05) is 65.6 Å². The molecule has 0 saturated heterocycles. The molecule has 3 aromatic carbocycles. The number of carbonyl (C=O) groups is 1. The fourth-order valence-corrected chi connectivity index (χ4v) is 3.01. The number of nitrogen functional groups attached to an aromatic ring is 1. The van der Waals surface area contributed by atoms with Crippen molar-refractivity contribution >= 4 is 28.1 Å². The van der Waals surface area contributed by atoms with Gasteiger partial charge in [-0.2, -0.15) is 0 Å². The summed E-state index contributed by atoms with van der Waals surface area (Å²) in [7, 11) is 0. The van der Waals surface area contributed by atoms with Gasteiger partial charge in [0, 0.05) is 16.6 Å². The van der Waals surface area contributed by atoms with Crippen molar-refractivity contribution in [3.63, 3.8) is 0 Å². The van der Waals surface area contributed by atoms with Crippen LogP contribution in [0.4, 0.5) is 11.4 Å². The lowest BCUT2D eigenvalue weighted by atomic mass is 10.1. The van der Waals surface area contributed by atoms with Gasteiger partial charge in [0.2, 0.25) is 0 Å². The summed E-state index contributed by atoms with van der Waals surface area (Å²) in [6, 6.07) is 19.6. The Hall–Kier alpha value is -2.81. The highest BCUT2D eigenvalue weighted by Gasteiger charge is 2.29. The Labute approximate surface area is 122 Å². The lowest BCUT2D eigenvalue weighted by Crippen LogP contribution is -2.26. The average Bonchev–Trinajstić information content (AvgIpc) is 2.76. The highest BCUT2D eigenvalue weighted by atomic mass is 16.2. The van der Waals surface area contributed by atoms with Crippen LogP contribution in [0.2, 0.25) is 0 Å². The normalized spacial score (nSPS) is 13.1. The summed E-state index contributed by atoms with van der Waals surface area (Å²) in [4.78, 5) is 14.5. The first-order valence-electron chi connectivity index (χ1n) is 6.92. The monoisotopic (exact) mass is 274 g/mol. The molecule has 0 radical (unpaired) electrons. The highest BCUT2D eigenvalue weighted by Crippen LogP contribution is 2.37. The Morgan fingerprint density at radius 3 is 2.52 bits per heavy atom. The van der Waals surface area contributed by atoms with Crippen LogP contribution in [0.3, 0.4) is 0 Å². The van der Waals surface area contributed by atoms with E-state index in [1.54, 1.807) is 0 Å². The van der Waals surface area contributed by atoms with E-state index in [1.165, 1.54) is 0 Å². The fraction of sp³-hybridized carbons (Fsp3) is 0.0556. The van der Waals surface area contributed by atoms with E-state index in [0.29, 0.717) is 6.54 Å². The molecule has 1 amide bonds. The summed E-state index contributed by atoms with van der Waals surface area (Å²) in [5.41, 5.74) is 9.34. The molecule has 3 nitrogen and oxygen atoms in total. The number of amides is 1. The Morgan fingerprint density at radius 2 is 1.71 bits per heavy atom. The molecular formula is C18H14N2O. The summed E-state index contributed by atoms with van der Waals surface area (Å²) < 4.78 is 0. The Balaban J connectivity index is 1.82. The predicted octanol–water partition coefficient (Wildman–Crippen LogP) is 3.58. The van der Waals surface area contributed by atoms with Crippen molar-refractivity contribution in [3.05, 3.63) is 71.8 Å². The maximum Gasteiger partial charge on any atom is 0.259 e. The summed E-state index contributed by atoms with van der Waals surface area (Å²) in [5, 5.41) is 2.15. The van der Waals surface area contributed by atoms with Gasteiger partial charge in [-0.25, -0.2) is 0 Å². The van der Waals surface area contributed by atoms with Crippen LogP contribution in [-0.2, 0) is 6.54 Å². The zero-order chi connectivity index (χ0) is 14.4. The van der Waals surface area contributed by atoms with E-state index >= 15 is 0 Å². The number of nitrogens with zero attached hydrogens (tertiary/aromatic N) is 1. The molecule has 0 unspecified atom stereocenters. The highest BCUT2D eigenvalue weighted by molar-refractivity contribution is 6.24. The Morgan fingerprint density at radius 1 is 0.952 bits per heavy atom. The van der Waals surface area contributed by atoms with Crippen molar-refractivity contribution in [2.45, 2.75) is 6.54 Å². The maximum atomic E-state index is 12.7. The summed E-state index contributed by atoms with van der Waals surface area (Å²) in [6.45, 7) is 0.539. The standard InChI is InChI=1S/C18H14N2O/c19-14-7-1-4-12(10-14)11-20-16-9-3-6-13-5-2-8-15(17(13)16)18(20)21/h1-10H,11,19H2. The molecule has 0 aromatic heterocycles. The second kappa shape index (κ2) is 4.35. The third-order valence-electron chi connectivity index (χ3n) is 3.94. The topological polar surface area (TPSA) is 46.3 Å². The van der Waals surface area contributed by atoms with Crippen molar-refractivity contribution < 1.29 is 4.79 Å². The molecule has 0 fully saturated rings. The van der Waals surface area contributed by atoms with Crippen LogP contribution in [0.25, 0.3) is 10.8 Å². The first-order chi connectivity index (χ1) is 10.2. The van der Waals surface area contributed by atoms with Crippen LogP contribution in [0, 0.1) is 0 Å². The molecular weight excluding hydrogens is 260 g/mol. The van der Waals surface area contributed by atoms with Crippen LogP contribution in [0.15, 0.2) is 60.7 Å². The van der Waals surface area contributed by atoms with E-state index in [-0.39, 0.29) is 5.91 Å². The van der Waals surface area contributed by atoms with E-state index < -0.39 is 0 Å². The summed E-state index contributed by atoms with van der Waals surface area (Å²) >= 11 is 0. The van der Waals surface area contributed by atoms with Crippen LogP contribution >= 0.6 is 0 Å². The molecule has 3 aromatic rings. The molecule has 1 aliphatic heterocycles. The van der Waals surface area contributed by atoms with Gasteiger partial charge in [-0.1, -0.05) is 36.4 Å². The second-order valence-corrected chi connectivity index (χ2v) is 5.32. The SMILES string of the molecule is Nc1cccc(CN2C(=O)c3cccc4cccc2c34)c1. The first kappa shape index (κ1) is 12.0. The quantitative estimate of drug-likeness (QED) is 0.726. The first-order valence-corrected chi connectivity index (χ1v) is 6.92. The van der Waals surface area contributed by atoms with Gasteiger partial charge in [0.1, 0.15) is 0 Å². The van der Waals surface area contributed by atoms with Crippen LogP contribution in [-0.4, -0.2) is 5.91 Å². The van der Waals surface area contributed by atoms with E-state index in [2.05, 4.69) is 0 Å². The van der Waals surface area contributed by atoms with Gasteiger partial charge in [-0.05, 0) is 35.2 Å². The van der Waals surface area contributed by atoms with Crippen molar-refractivity contribution in [3.8, 4) is 0 Å². The molecule has 0 aliphatic carbocycles. The minimum Gasteiger partial charge on any atom is -0.399 e. The van der Waals surface area contributed by atoms with Gasteiger partial charge < -0.3 is 10.6 Å². The third kappa shape index (κ3) is 1.78. The largest absolute Gasteiger partial charge is 0.399 e. The molecule has 3 heteroatoms. The van der Waals surface area contributed by atoms with E-state index in [0.717, 1.165) is 33.3 Å². The number of rotatable bonds is 2. The van der Waals surface area contributed by atoms with E-state index in [9.17, 15) is 4.79 Å². The number of carbonyl (C=O) groups excluding carboxylic acids is 1. The number of hydrogen-bond donors (Lipinski definition) is 1. The lowest BCUT2D eigenvalue weighted by molar-refractivity contribution is 0.0991. The third-order valence-corrected chi connectivity index (χ3v) is 3.94. The number of benzene rings is 3. The fourth-order valence-electron chi connectivity index (χ4n) is 3.01. The molecule has 21 heavy (non-hydrogen) atoms. The molecule has 2 N–H and O–H groups in total. The minimum atomic E-state index is 0.0595. The van der Waals surface area contributed by atoms with Gasteiger partial charge in [0.15, 0.2) is 0 Å². The molecule has 0 saturated carbocycles. The Bertz CT molecular complexity index is 865. The van der Waals surface area contributed by atoms with Gasteiger partial charge in [-0.3, -0.25) is 4.79 Å².